The van der Waals surface area contributed by atoms with Crippen LogP contribution in [0.5, 0.6) is 0 Å². The fourth-order valence-corrected chi connectivity index (χ4v) is 1.34. The van der Waals surface area contributed by atoms with Crippen LogP contribution in [0.2, 0.25) is 0 Å². The van der Waals surface area contributed by atoms with E-state index in [-0.39, 0.29) is 19.4 Å². The Morgan fingerprint density at radius 2 is 1.79 bits per heavy atom. The van der Waals surface area contributed by atoms with Crippen molar-refractivity contribution in [2.45, 2.75) is 25.5 Å². The highest BCUT2D eigenvalue weighted by Gasteiger charge is 2.23. The van der Waals surface area contributed by atoms with Crippen molar-refractivity contribution in [2.75, 3.05) is 0 Å². The van der Waals surface area contributed by atoms with Crippen LogP contribution in [0.1, 0.15) is 18.4 Å². The molecule has 1 aromatic carbocycles. The lowest BCUT2D eigenvalue weighted by atomic mass is 10.1. The van der Waals surface area contributed by atoms with Crippen molar-refractivity contribution in [1.82, 2.24) is 0 Å². The molecule has 0 radical (unpaired) electrons. The minimum Gasteiger partial charge on any atom is -0.481 e. The number of ether oxygens (including phenoxy) is 1. The average molecular weight is 265 g/mol. The van der Waals surface area contributed by atoms with Crippen LogP contribution in [0.25, 0.3) is 0 Å². The number of carbonyl (C=O) groups excluding carboxylic acids is 2. The molecule has 6 heteroatoms. The summed E-state index contributed by atoms with van der Waals surface area (Å²) in [6, 6.07) is 7.52. The van der Waals surface area contributed by atoms with Crippen molar-refractivity contribution in [1.29, 1.82) is 0 Å². The van der Waals surface area contributed by atoms with Gasteiger partial charge in [0.1, 0.15) is 6.61 Å². The van der Waals surface area contributed by atoms with E-state index in [2.05, 4.69) is 0 Å². The zero-order chi connectivity index (χ0) is 14.3. The summed E-state index contributed by atoms with van der Waals surface area (Å²) in [6.45, 7) is 0.0274. The van der Waals surface area contributed by atoms with E-state index in [1.165, 1.54) is 0 Å². The molecule has 0 aromatic heterocycles. The Morgan fingerprint density at radius 1 is 1.16 bits per heavy atom. The van der Waals surface area contributed by atoms with Gasteiger partial charge in [0.2, 0.25) is 0 Å². The smallest absolute Gasteiger partial charge is 0.331 e. The molecular formula is C13H15NO5. The number of hydrogen-bond acceptors (Lipinski definition) is 5. The number of esters is 1. The minimum atomic E-state index is -1.43. The van der Waals surface area contributed by atoms with Crippen molar-refractivity contribution in [3.8, 4) is 0 Å². The number of rotatable bonds is 7. The van der Waals surface area contributed by atoms with E-state index in [0.717, 1.165) is 5.56 Å². The van der Waals surface area contributed by atoms with Gasteiger partial charge in [0.25, 0.3) is 0 Å². The Labute approximate surface area is 110 Å². The highest BCUT2D eigenvalue weighted by Crippen LogP contribution is 2.03. The third-order valence-corrected chi connectivity index (χ3v) is 2.41. The lowest BCUT2D eigenvalue weighted by molar-refractivity contribution is -0.150. The van der Waals surface area contributed by atoms with Crippen LogP contribution in [0.15, 0.2) is 30.3 Å². The van der Waals surface area contributed by atoms with Gasteiger partial charge in [0.15, 0.2) is 11.8 Å². The summed E-state index contributed by atoms with van der Waals surface area (Å²) in [4.78, 5) is 33.2. The molecule has 0 fully saturated rings. The van der Waals surface area contributed by atoms with Gasteiger partial charge in [0.05, 0.1) is 6.42 Å². The first kappa shape index (κ1) is 14.8. The molecule has 1 atom stereocenters. The molecule has 102 valence electrons. The van der Waals surface area contributed by atoms with Gasteiger partial charge in [-0.1, -0.05) is 30.3 Å². The fraction of sp³-hybridized carbons (Fsp3) is 0.308. The standard InChI is InChI=1S/C13H15NO5/c14-12(10(15)6-7-11(16)17)13(18)19-8-9-4-2-1-3-5-9/h1-5,12H,6-8,14H2,(H,16,17). The second-order valence-corrected chi connectivity index (χ2v) is 3.93. The maximum absolute atomic E-state index is 11.5. The molecule has 6 nitrogen and oxygen atoms in total. The average Bonchev–Trinajstić information content (AvgIpc) is 2.42. The number of aliphatic carboxylic acids is 1. The number of hydrogen-bond donors (Lipinski definition) is 2. The van der Waals surface area contributed by atoms with Crippen LogP contribution in [0, 0.1) is 0 Å². The van der Waals surface area contributed by atoms with E-state index < -0.39 is 23.8 Å². The number of Topliss-reactive ketones (excluding diaryl/α,β-unsaturated/α-hetero) is 1. The Balaban J connectivity index is 2.40. The molecule has 3 N–H and O–H groups in total. The highest BCUT2D eigenvalue weighted by molar-refractivity contribution is 6.03. The molecule has 0 saturated carbocycles. The normalized spacial score (nSPS) is 11.6. The molecule has 0 aliphatic heterocycles. The topological polar surface area (TPSA) is 107 Å². The van der Waals surface area contributed by atoms with E-state index in [4.69, 9.17) is 15.6 Å². The molecule has 19 heavy (non-hydrogen) atoms. The largest absolute Gasteiger partial charge is 0.481 e. The molecule has 1 unspecified atom stereocenters. The van der Waals surface area contributed by atoms with Crippen molar-refractivity contribution in [3.63, 3.8) is 0 Å². The number of carboxylic acids is 1. The summed E-state index contributed by atoms with van der Waals surface area (Å²) in [5, 5.41) is 8.43. The van der Waals surface area contributed by atoms with E-state index in [1.807, 2.05) is 6.07 Å². The van der Waals surface area contributed by atoms with Crippen LogP contribution in [-0.2, 0) is 25.7 Å². The first-order chi connectivity index (χ1) is 9.00. The number of ketones is 1. The van der Waals surface area contributed by atoms with Gasteiger partial charge in [-0.05, 0) is 5.56 Å². The van der Waals surface area contributed by atoms with Crippen molar-refractivity contribution in [3.05, 3.63) is 35.9 Å². The summed E-state index contributed by atoms with van der Waals surface area (Å²) in [7, 11) is 0. The number of benzene rings is 1. The molecule has 0 aliphatic carbocycles. The van der Waals surface area contributed by atoms with E-state index >= 15 is 0 Å². The Hall–Kier alpha value is -2.21. The molecular weight excluding hydrogens is 250 g/mol. The lowest BCUT2D eigenvalue weighted by Gasteiger charge is -2.10. The SMILES string of the molecule is NC(C(=O)CCC(=O)O)C(=O)OCc1ccccc1. The molecule has 0 spiro atoms. The Kier molecular flexibility index (Phi) is 5.69. The van der Waals surface area contributed by atoms with Crippen molar-refractivity contribution in [2.24, 2.45) is 5.73 Å². The van der Waals surface area contributed by atoms with Gasteiger partial charge in [0, 0.05) is 6.42 Å². The summed E-state index contributed by atoms with van der Waals surface area (Å²) in [6.07, 6.45) is -0.630. The van der Waals surface area contributed by atoms with E-state index in [0.29, 0.717) is 0 Å². The highest BCUT2D eigenvalue weighted by atomic mass is 16.5. The van der Waals surface area contributed by atoms with Crippen LogP contribution in [-0.4, -0.2) is 28.9 Å². The number of nitrogens with two attached hydrogens (primary N) is 1. The van der Waals surface area contributed by atoms with Gasteiger partial charge < -0.3 is 15.6 Å². The van der Waals surface area contributed by atoms with Crippen LogP contribution in [0.3, 0.4) is 0 Å². The number of carbonyl (C=O) groups is 3. The quantitative estimate of drug-likeness (QED) is 0.549. The maximum atomic E-state index is 11.5. The molecule has 0 amide bonds. The molecule has 0 saturated heterocycles. The maximum Gasteiger partial charge on any atom is 0.331 e. The predicted molar refractivity (Wildman–Crippen MR) is 66.1 cm³/mol. The van der Waals surface area contributed by atoms with Gasteiger partial charge in [-0.2, -0.15) is 0 Å². The first-order valence-corrected chi connectivity index (χ1v) is 5.71. The fourth-order valence-electron chi connectivity index (χ4n) is 1.34. The third-order valence-electron chi connectivity index (χ3n) is 2.41. The van der Waals surface area contributed by atoms with E-state index in [9.17, 15) is 14.4 Å². The van der Waals surface area contributed by atoms with Gasteiger partial charge >= 0.3 is 11.9 Å². The van der Waals surface area contributed by atoms with Crippen LogP contribution < -0.4 is 5.73 Å². The summed E-state index contributed by atoms with van der Waals surface area (Å²) in [5.41, 5.74) is 6.17. The Morgan fingerprint density at radius 3 is 2.37 bits per heavy atom. The molecule has 0 bridgehead atoms. The zero-order valence-corrected chi connectivity index (χ0v) is 10.2. The second-order valence-electron chi connectivity index (χ2n) is 3.93. The van der Waals surface area contributed by atoms with Gasteiger partial charge in [-0.25, -0.2) is 4.79 Å². The van der Waals surface area contributed by atoms with E-state index in [1.54, 1.807) is 24.3 Å². The van der Waals surface area contributed by atoms with Crippen molar-refractivity contribution < 1.29 is 24.2 Å². The van der Waals surface area contributed by atoms with Crippen molar-refractivity contribution >= 4 is 17.7 Å². The molecule has 1 aromatic rings. The minimum absolute atomic E-state index is 0.0274. The molecule has 0 heterocycles. The van der Waals surface area contributed by atoms with Gasteiger partial charge in [-0.15, -0.1) is 0 Å². The third kappa shape index (κ3) is 5.31. The summed E-state index contributed by atoms with van der Waals surface area (Å²) < 4.78 is 4.89. The number of carboxylic acid groups (broad SMARTS) is 1. The van der Waals surface area contributed by atoms with Gasteiger partial charge in [-0.3, -0.25) is 9.59 Å². The monoisotopic (exact) mass is 265 g/mol. The molecule has 0 aliphatic rings. The van der Waals surface area contributed by atoms with Crippen LogP contribution in [0.4, 0.5) is 0 Å². The summed E-state index contributed by atoms with van der Waals surface area (Å²) in [5.74, 6) is -2.60. The second kappa shape index (κ2) is 7.27. The lowest BCUT2D eigenvalue weighted by Crippen LogP contribution is -2.40. The predicted octanol–water partition coefficient (Wildman–Crippen LogP) is 0.491. The zero-order valence-electron chi connectivity index (χ0n) is 10.2. The van der Waals surface area contributed by atoms with Crippen LogP contribution >= 0.6 is 0 Å². The molecule has 1 rings (SSSR count). The first-order valence-electron chi connectivity index (χ1n) is 5.71. The Bertz CT molecular complexity index is 457. The summed E-state index contributed by atoms with van der Waals surface area (Å²) >= 11 is 0.